The first-order chi connectivity index (χ1) is 9.43. The first-order valence-corrected chi connectivity index (χ1v) is 6.83. The van der Waals surface area contributed by atoms with E-state index in [0.717, 1.165) is 16.8 Å². The smallest absolute Gasteiger partial charge is 0.230 e. The molecule has 0 aliphatic heterocycles. The van der Waals surface area contributed by atoms with E-state index < -0.39 is 5.41 Å². The van der Waals surface area contributed by atoms with Crippen molar-refractivity contribution in [3.05, 3.63) is 52.3 Å². The van der Waals surface area contributed by atoms with Gasteiger partial charge < -0.3 is 5.32 Å². The molecular formula is C15H18ClN3O. The standard InChI is InChI=1S/C15H18ClN3O/c1-10-11(9-18-19-10)8-17-14(20)15(2,3)12-6-4-5-7-13(12)16/h4-7,9H,8H2,1-3H3,(H,17,20)(H,18,19). The topological polar surface area (TPSA) is 57.8 Å². The number of nitrogens with one attached hydrogen (secondary N) is 2. The Bertz CT molecular complexity index is 619. The van der Waals surface area contributed by atoms with Crippen LogP contribution in [0, 0.1) is 6.92 Å². The minimum atomic E-state index is -0.685. The molecule has 5 heteroatoms. The molecule has 2 aromatic rings. The lowest BCUT2D eigenvalue weighted by atomic mass is 9.83. The number of halogens is 1. The van der Waals surface area contributed by atoms with Gasteiger partial charge in [-0.3, -0.25) is 9.89 Å². The number of nitrogens with zero attached hydrogens (tertiary/aromatic N) is 1. The number of carbonyl (C=O) groups is 1. The van der Waals surface area contributed by atoms with Crippen LogP contribution in [0.5, 0.6) is 0 Å². The van der Waals surface area contributed by atoms with Crippen molar-refractivity contribution in [2.45, 2.75) is 32.7 Å². The zero-order valence-electron chi connectivity index (χ0n) is 11.8. The molecule has 0 atom stereocenters. The molecule has 0 bridgehead atoms. The predicted molar refractivity (Wildman–Crippen MR) is 79.6 cm³/mol. The van der Waals surface area contributed by atoms with Crippen LogP contribution >= 0.6 is 11.6 Å². The van der Waals surface area contributed by atoms with Crippen molar-refractivity contribution in [1.29, 1.82) is 0 Å². The highest BCUT2D eigenvalue weighted by Gasteiger charge is 2.31. The van der Waals surface area contributed by atoms with Gasteiger partial charge in [-0.25, -0.2) is 0 Å². The monoisotopic (exact) mass is 291 g/mol. The van der Waals surface area contributed by atoms with Crippen molar-refractivity contribution in [3.8, 4) is 0 Å². The second-order valence-electron chi connectivity index (χ2n) is 5.31. The summed E-state index contributed by atoms with van der Waals surface area (Å²) in [7, 11) is 0. The molecule has 106 valence electrons. The molecule has 0 spiro atoms. The van der Waals surface area contributed by atoms with Crippen LogP contribution in [-0.4, -0.2) is 16.1 Å². The van der Waals surface area contributed by atoms with E-state index in [0.29, 0.717) is 11.6 Å². The molecule has 4 nitrogen and oxygen atoms in total. The second kappa shape index (κ2) is 5.67. The van der Waals surface area contributed by atoms with Crippen LogP contribution in [0.1, 0.15) is 30.7 Å². The van der Waals surface area contributed by atoms with Crippen LogP contribution in [0.4, 0.5) is 0 Å². The highest BCUT2D eigenvalue weighted by molar-refractivity contribution is 6.31. The molecule has 0 fully saturated rings. The summed E-state index contributed by atoms with van der Waals surface area (Å²) in [4.78, 5) is 12.4. The highest BCUT2D eigenvalue weighted by Crippen LogP contribution is 2.29. The SMILES string of the molecule is Cc1[nH]ncc1CNC(=O)C(C)(C)c1ccccc1Cl. The number of aromatic amines is 1. The molecular weight excluding hydrogens is 274 g/mol. The van der Waals surface area contributed by atoms with Gasteiger partial charge in [0.05, 0.1) is 11.6 Å². The Labute approximate surface area is 123 Å². The number of H-pyrrole nitrogens is 1. The molecule has 0 unspecified atom stereocenters. The second-order valence-corrected chi connectivity index (χ2v) is 5.71. The third-order valence-electron chi connectivity index (χ3n) is 3.49. The van der Waals surface area contributed by atoms with Gasteiger partial charge in [0.1, 0.15) is 0 Å². The van der Waals surface area contributed by atoms with Gasteiger partial charge in [0.15, 0.2) is 0 Å². The Hall–Kier alpha value is -1.81. The molecule has 0 radical (unpaired) electrons. The third kappa shape index (κ3) is 2.85. The number of amides is 1. The highest BCUT2D eigenvalue weighted by atomic mass is 35.5. The normalized spacial score (nSPS) is 11.4. The predicted octanol–water partition coefficient (Wildman–Crippen LogP) is 2.97. The Balaban J connectivity index is 2.12. The quantitative estimate of drug-likeness (QED) is 0.910. The number of rotatable bonds is 4. The lowest BCUT2D eigenvalue weighted by Crippen LogP contribution is -2.39. The fourth-order valence-corrected chi connectivity index (χ4v) is 2.41. The van der Waals surface area contributed by atoms with Crippen molar-refractivity contribution < 1.29 is 4.79 Å². The lowest BCUT2D eigenvalue weighted by molar-refractivity contribution is -0.125. The van der Waals surface area contributed by atoms with E-state index in [-0.39, 0.29) is 5.91 Å². The minimum Gasteiger partial charge on any atom is -0.351 e. The van der Waals surface area contributed by atoms with Crippen LogP contribution in [0.3, 0.4) is 0 Å². The van der Waals surface area contributed by atoms with Crippen LogP contribution in [0.25, 0.3) is 0 Å². The summed E-state index contributed by atoms with van der Waals surface area (Å²) >= 11 is 6.18. The van der Waals surface area contributed by atoms with E-state index in [2.05, 4.69) is 15.5 Å². The van der Waals surface area contributed by atoms with Crippen molar-refractivity contribution in [2.75, 3.05) is 0 Å². The van der Waals surface area contributed by atoms with Gasteiger partial charge in [0.2, 0.25) is 5.91 Å². The van der Waals surface area contributed by atoms with Gasteiger partial charge in [-0.05, 0) is 32.4 Å². The van der Waals surface area contributed by atoms with Gasteiger partial charge in [-0.2, -0.15) is 5.10 Å². The van der Waals surface area contributed by atoms with Gasteiger partial charge in [0, 0.05) is 22.8 Å². The molecule has 1 aromatic heterocycles. The first-order valence-electron chi connectivity index (χ1n) is 6.45. The van der Waals surface area contributed by atoms with E-state index in [1.54, 1.807) is 12.3 Å². The molecule has 2 N–H and O–H groups in total. The van der Waals surface area contributed by atoms with E-state index in [1.807, 2.05) is 39.0 Å². The summed E-state index contributed by atoms with van der Waals surface area (Å²) in [5, 5.41) is 10.3. The molecule has 1 aromatic carbocycles. The van der Waals surface area contributed by atoms with Crippen molar-refractivity contribution in [1.82, 2.24) is 15.5 Å². The van der Waals surface area contributed by atoms with Crippen molar-refractivity contribution >= 4 is 17.5 Å². The Morgan fingerprint density at radius 1 is 1.40 bits per heavy atom. The zero-order valence-corrected chi connectivity index (χ0v) is 12.6. The van der Waals surface area contributed by atoms with E-state index in [9.17, 15) is 4.79 Å². The Morgan fingerprint density at radius 2 is 2.10 bits per heavy atom. The third-order valence-corrected chi connectivity index (χ3v) is 3.82. The summed E-state index contributed by atoms with van der Waals surface area (Å²) < 4.78 is 0. The zero-order chi connectivity index (χ0) is 14.8. The first kappa shape index (κ1) is 14.6. The van der Waals surface area contributed by atoms with E-state index >= 15 is 0 Å². The summed E-state index contributed by atoms with van der Waals surface area (Å²) in [6.07, 6.45) is 1.72. The summed E-state index contributed by atoms with van der Waals surface area (Å²) in [5.41, 5.74) is 2.08. The Morgan fingerprint density at radius 3 is 2.70 bits per heavy atom. The lowest BCUT2D eigenvalue weighted by Gasteiger charge is -2.25. The summed E-state index contributed by atoms with van der Waals surface area (Å²) in [6.45, 7) is 6.11. The van der Waals surface area contributed by atoms with Crippen LogP contribution in [-0.2, 0) is 16.8 Å². The van der Waals surface area contributed by atoms with Crippen molar-refractivity contribution in [2.24, 2.45) is 0 Å². The van der Waals surface area contributed by atoms with Crippen molar-refractivity contribution in [3.63, 3.8) is 0 Å². The van der Waals surface area contributed by atoms with Gasteiger partial charge in [0.25, 0.3) is 0 Å². The van der Waals surface area contributed by atoms with Crippen LogP contribution < -0.4 is 5.32 Å². The van der Waals surface area contributed by atoms with Gasteiger partial charge in [-0.1, -0.05) is 29.8 Å². The maximum Gasteiger partial charge on any atom is 0.230 e. The van der Waals surface area contributed by atoms with E-state index in [1.165, 1.54) is 0 Å². The van der Waals surface area contributed by atoms with Crippen LogP contribution in [0.15, 0.2) is 30.5 Å². The molecule has 0 saturated heterocycles. The fraction of sp³-hybridized carbons (Fsp3) is 0.333. The number of aryl methyl sites for hydroxylation is 1. The average Bonchev–Trinajstić information content (AvgIpc) is 2.81. The maximum atomic E-state index is 12.4. The van der Waals surface area contributed by atoms with Gasteiger partial charge >= 0.3 is 0 Å². The largest absolute Gasteiger partial charge is 0.351 e. The average molecular weight is 292 g/mol. The summed E-state index contributed by atoms with van der Waals surface area (Å²) in [6, 6.07) is 7.42. The number of hydrogen-bond donors (Lipinski definition) is 2. The van der Waals surface area contributed by atoms with Gasteiger partial charge in [-0.15, -0.1) is 0 Å². The maximum absolute atomic E-state index is 12.4. The molecule has 0 aliphatic carbocycles. The fourth-order valence-electron chi connectivity index (χ4n) is 2.04. The minimum absolute atomic E-state index is 0.0637. The number of hydrogen-bond acceptors (Lipinski definition) is 2. The number of carbonyl (C=O) groups excluding carboxylic acids is 1. The molecule has 0 aliphatic rings. The summed E-state index contributed by atoms with van der Waals surface area (Å²) in [5.74, 6) is -0.0637. The number of aromatic nitrogens is 2. The number of benzene rings is 1. The van der Waals surface area contributed by atoms with Crippen LogP contribution in [0.2, 0.25) is 5.02 Å². The molecule has 1 heterocycles. The van der Waals surface area contributed by atoms with E-state index in [4.69, 9.17) is 11.6 Å². The molecule has 0 saturated carbocycles. The molecule has 1 amide bonds. The Kier molecular flexibility index (Phi) is 4.14. The molecule has 2 rings (SSSR count). The molecule has 20 heavy (non-hydrogen) atoms.